The monoisotopic (exact) mass is 390 g/mol. The number of nitrogens with zero attached hydrogens (tertiary/aromatic N) is 3. The van der Waals surface area contributed by atoms with Gasteiger partial charge in [0.05, 0.1) is 25.0 Å². The van der Waals surface area contributed by atoms with Crippen LogP contribution in [0, 0.1) is 11.6 Å². The molecule has 2 amide bonds. The maximum atomic E-state index is 14.0. The Kier molecular flexibility index (Phi) is 5.96. The van der Waals surface area contributed by atoms with Crippen molar-refractivity contribution in [3.63, 3.8) is 0 Å². The summed E-state index contributed by atoms with van der Waals surface area (Å²) in [6.45, 7) is 5.27. The Morgan fingerprint density at radius 1 is 1.29 bits per heavy atom. The van der Waals surface area contributed by atoms with Crippen molar-refractivity contribution in [3.8, 4) is 5.75 Å². The van der Waals surface area contributed by atoms with E-state index in [1.807, 2.05) is 18.7 Å². The number of hydrogen-bond donors (Lipinski definition) is 1. The van der Waals surface area contributed by atoms with Crippen LogP contribution in [0.1, 0.15) is 25.5 Å². The van der Waals surface area contributed by atoms with Crippen molar-refractivity contribution in [2.45, 2.75) is 25.9 Å². The molecule has 0 bridgehead atoms. The first-order chi connectivity index (χ1) is 13.4. The van der Waals surface area contributed by atoms with Crippen LogP contribution in [0.25, 0.3) is 0 Å². The molecule has 1 saturated heterocycles. The van der Waals surface area contributed by atoms with Gasteiger partial charge in [0.2, 0.25) is 0 Å². The van der Waals surface area contributed by atoms with Gasteiger partial charge in [-0.25, -0.2) is 13.6 Å². The molecule has 2 aromatic rings. The number of carbonyl (C=O) groups excluding carboxylic acids is 1. The molecule has 0 radical (unpaired) electrons. The van der Waals surface area contributed by atoms with Crippen molar-refractivity contribution >= 4 is 11.7 Å². The maximum Gasteiger partial charge on any atom is 0.318 e. The number of nitrogens with one attached hydrogen (secondary N) is 1. The summed E-state index contributed by atoms with van der Waals surface area (Å²) in [7, 11) is 1.40. The first-order valence-corrected chi connectivity index (χ1v) is 9.15. The summed E-state index contributed by atoms with van der Waals surface area (Å²) in [5.41, 5.74) is 1.24. The van der Waals surface area contributed by atoms with Gasteiger partial charge in [-0.1, -0.05) is 6.07 Å². The summed E-state index contributed by atoms with van der Waals surface area (Å²) in [5.74, 6) is -0.677. The number of ether oxygens (including phenoxy) is 1. The van der Waals surface area contributed by atoms with Gasteiger partial charge < -0.3 is 19.9 Å². The van der Waals surface area contributed by atoms with Gasteiger partial charge in [-0.15, -0.1) is 0 Å². The van der Waals surface area contributed by atoms with Crippen molar-refractivity contribution in [1.82, 2.24) is 15.2 Å². The SMILES string of the molecule is COc1cc(C(C)NC(=O)N2CCN(c3ccncc3F)C[C@H]2C)ccc1F. The average molecular weight is 390 g/mol. The number of methoxy groups -OCH3 is 1. The molecular formula is C20H24F2N4O2. The zero-order valence-electron chi connectivity index (χ0n) is 16.2. The second-order valence-corrected chi connectivity index (χ2v) is 6.88. The van der Waals surface area contributed by atoms with E-state index >= 15 is 0 Å². The van der Waals surface area contributed by atoms with Crippen molar-refractivity contribution < 1.29 is 18.3 Å². The third kappa shape index (κ3) is 4.16. The predicted octanol–water partition coefficient (Wildman–Crippen LogP) is 3.35. The molecule has 2 atom stereocenters. The van der Waals surface area contributed by atoms with Gasteiger partial charge in [0, 0.05) is 31.9 Å². The van der Waals surface area contributed by atoms with E-state index in [0.29, 0.717) is 25.3 Å². The Hall–Kier alpha value is -2.90. The van der Waals surface area contributed by atoms with E-state index in [1.54, 1.807) is 29.3 Å². The first kappa shape index (κ1) is 19.9. The number of amides is 2. The molecule has 150 valence electrons. The molecule has 1 aromatic carbocycles. The molecule has 28 heavy (non-hydrogen) atoms. The largest absolute Gasteiger partial charge is 0.494 e. The van der Waals surface area contributed by atoms with Crippen LogP contribution in [-0.4, -0.2) is 48.7 Å². The highest BCUT2D eigenvalue weighted by molar-refractivity contribution is 5.75. The van der Waals surface area contributed by atoms with E-state index in [2.05, 4.69) is 10.3 Å². The number of benzene rings is 1. The molecule has 1 fully saturated rings. The first-order valence-electron chi connectivity index (χ1n) is 9.15. The fourth-order valence-corrected chi connectivity index (χ4v) is 3.40. The average Bonchev–Trinajstić information content (AvgIpc) is 2.68. The van der Waals surface area contributed by atoms with Crippen LogP contribution >= 0.6 is 0 Å². The van der Waals surface area contributed by atoms with Crippen LogP contribution in [0.5, 0.6) is 5.75 Å². The summed E-state index contributed by atoms with van der Waals surface area (Å²) < 4.78 is 32.6. The lowest BCUT2D eigenvalue weighted by Gasteiger charge is -2.41. The molecule has 8 heteroatoms. The molecule has 1 aliphatic heterocycles. The number of halogens is 2. The van der Waals surface area contributed by atoms with E-state index in [9.17, 15) is 13.6 Å². The van der Waals surface area contributed by atoms with E-state index in [0.717, 1.165) is 5.56 Å². The van der Waals surface area contributed by atoms with Crippen molar-refractivity contribution in [2.24, 2.45) is 0 Å². The number of aromatic nitrogens is 1. The van der Waals surface area contributed by atoms with Gasteiger partial charge in [0.25, 0.3) is 0 Å². The standard InChI is InChI=1S/C20H24F2N4O2/c1-13-12-25(18-6-7-23-11-17(18)22)8-9-26(13)20(27)24-14(2)15-4-5-16(21)19(10-15)28-3/h4-7,10-11,13-14H,8-9,12H2,1-3H3,(H,24,27)/t13-,14?/m1/s1. The van der Waals surface area contributed by atoms with Gasteiger partial charge >= 0.3 is 6.03 Å². The highest BCUT2D eigenvalue weighted by Gasteiger charge is 2.29. The number of rotatable bonds is 4. The maximum absolute atomic E-state index is 14.0. The summed E-state index contributed by atoms with van der Waals surface area (Å²) in [6, 6.07) is 5.53. The second kappa shape index (κ2) is 8.41. The number of carbonyl (C=O) groups is 1. The molecule has 1 aromatic heterocycles. The number of anilines is 1. The lowest BCUT2D eigenvalue weighted by Crippen LogP contribution is -2.57. The van der Waals surface area contributed by atoms with Crippen LogP contribution in [0.2, 0.25) is 0 Å². The topological polar surface area (TPSA) is 57.7 Å². The molecule has 2 heterocycles. The van der Waals surface area contributed by atoms with Crippen LogP contribution in [0.4, 0.5) is 19.3 Å². The molecule has 0 saturated carbocycles. The van der Waals surface area contributed by atoms with Crippen molar-refractivity contribution in [2.75, 3.05) is 31.6 Å². The molecule has 1 unspecified atom stereocenters. The highest BCUT2D eigenvalue weighted by atomic mass is 19.1. The number of hydrogen-bond acceptors (Lipinski definition) is 4. The molecular weight excluding hydrogens is 366 g/mol. The molecule has 3 rings (SSSR count). The normalized spacial score (nSPS) is 18.0. The fraction of sp³-hybridized carbons (Fsp3) is 0.400. The number of urea groups is 1. The van der Waals surface area contributed by atoms with Gasteiger partial charge in [-0.3, -0.25) is 4.98 Å². The van der Waals surface area contributed by atoms with Gasteiger partial charge in [0.15, 0.2) is 17.4 Å². The van der Waals surface area contributed by atoms with Gasteiger partial charge in [-0.05, 0) is 37.6 Å². The van der Waals surface area contributed by atoms with E-state index in [1.165, 1.54) is 19.4 Å². The van der Waals surface area contributed by atoms with Gasteiger partial charge in [0.1, 0.15) is 0 Å². The van der Waals surface area contributed by atoms with Crippen molar-refractivity contribution in [1.29, 1.82) is 0 Å². The predicted molar refractivity (Wildman–Crippen MR) is 102 cm³/mol. The Balaban J connectivity index is 1.63. The Bertz CT molecular complexity index is 849. The minimum atomic E-state index is -0.446. The minimum absolute atomic E-state index is 0.101. The Labute approximate surface area is 163 Å². The van der Waals surface area contributed by atoms with E-state index in [-0.39, 0.29) is 29.7 Å². The second-order valence-electron chi connectivity index (χ2n) is 6.88. The lowest BCUT2D eigenvalue weighted by atomic mass is 10.1. The lowest BCUT2D eigenvalue weighted by molar-refractivity contribution is 0.168. The summed E-state index contributed by atoms with van der Waals surface area (Å²) >= 11 is 0. The molecule has 1 aliphatic rings. The Morgan fingerprint density at radius 3 is 2.75 bits per heavy atom. The quantitative estimate of drug-likeness (QED) is 0.870. The zero-order valence-corrected chi connectivity index (χ0v) is 16.2. The fourth-order valence-electron chi connectivity index (χ4n) is 3.40. The highest BCUT2D eigenvalue weighted by Crippen LogP contribution is 2.24. The van der Waals surface area contributed by atoms with E-state index < -0.39 is 5.82 Å². The third-order valence-electron chi connectivity index (χ3n) is 5.00. The van der Waals surface area contributed by atoms with Crippen molar-refractivity contribution in [3.05, 3.63) is 53.9 Å². The third-order valence-corrected chi connectivity index (χ3v) is 5.00. The summed E-state index contributed by atoms with van der Waals surface area (Å²) in [6.07, 6.45) is 2.75. The van der Waals surface area contributed by atoms with Crippen LogP contribution in [0.3, 0.4) is 0 Å². The smallest absolute Gasteiger partial charge is 0.318 e. The molecule has 0 spiro atoms. The number of pyridine rings is 1. The number of piperazine rings is 1. The minimum Gasteiger partial charge on any atom is -0.494 e. The summed E-state index contributed by atoms with van der Waals surface area (Å²) in [4.78, 5) is 20.1. The summed E-state index contributed by atoms with van der Waals surface area (Å²) in [5, 5.41) is 2.94. The Morgan fingerprint density at radius 2 is 2.07 bits per heavy atom. The van der Waals surface area contributed by atoms with Crippen LogP contribution in [-0.2, 0) is 0 Å². The van der Waals surface area contributed by atoms with E-state index in [4.69, 9.17) is 4.74 Å². The molecule has 6 nitrogen and oxygen atoms in total. The zero-order chi connectivity index (χ0) is 20.3. The van der Waals surface area contributed by atoms with Crippen LogP contribution in [0.15, 0.2) is 36.7 Å². The molecule has 1 N–H and O–H groups in total. The molecule has 0 aliphatic carbocycles. The van der Waals surface area contributed by atoms with Gasteiger partial charge in [-0.2, -0.15) is 0 Å². The van der Waals surface area contributed by atoms with Crippen LogP contribution < -0.4 is 15.0 Å².